The summed E-state index contributed by atoms with van der Waals surface area (Å²) in [5.41, 5.74) is 0. The predicted octanol–water partition coefficient (Wildman–Crippen LogP) is 2.87. The molecule has 0 aliphatic carbocycles. The summed E-state index contributed by atoms with van der Waals surface area (Å²) in [5.74, 6) is 0. The highest BCUT2D eigenvalue weighted by Crippen LogP contribution is 2.09. The zero-order chi connectivity index (χ0) is 8.20. The van der Waals surface area contributed by atoms with E-state index in [-0.39, 0.29) is 0 Å². The Morgan fingerprint density at radius 1 is 1.10 bits per heavy atom. The van der Waals surface area contributed by atoms with E-state index < -0.39 is 8.32 Å². The zero-order valence-corrected chi connectivity index (χ0v) is 8.90. The van der Waals surface area contributed by atoms with Crippen molar-refractivity contribution in [2.45, 2.75) is 46.1 Å². The van der Waals surface area contributed by atoms with Crippen molar-refractivity contribution in [1.82, 2.24) is 0 Å². The number of hydrogen-bond acceptors (Lipinski definition) is 1. The lowest BCUT2D eigenvalue weighted by Crippen LogP contribution is -2.33. The molecule has 0 atom stereocenters. The Bertz CT molecular complexity index is 86.1. The van der Waals surface area contributed by atoms with E-state index in [1.165, 1.54) is 0 Å². The molecule has 10 heavy (non-hydrogen) atoms. The van der Waals surface area contributed by atoms with E-state index in [1.807, 2.05) is 0 Å². The minimum absolute atomic E-state index is 0.506. The molecule has 0 aliphatic rings. The average molecular weight is 158 g/mol. The highest BCUT2D eigenvalue weighted by Gasteiger charge is 2.20. The first kappa shape index (κ1) is 10.2. The molecule has 0 aromatic rings. The van der Waals surface area contributed by atoms with Gasteiger partial charge in [-0.25, -0.2) is 0 Å². The first-order chi connectivity index (χ1) is 4.49. The van der Waals surface area contributed by atoms with Crippen LogP contribution in [0.5, 0.6) is 0 Å². The molecule has 0 amide bonds. The summed E-state index contributed by atoms with van der Waals surface area (Å²) >= 11 is 0. The average Bonchev–Trinajstić information content (AvgIpc) is 1.81. The SMILES string of the molecule is CCB(CC)O[Si](C)(C)C. The maximum Gasteiger partial charge on any atom is 0.280 e. The van der Waals surface area contributed by atoms with Crippen LogP contribution in [0.15, 0.2) is 0 Å². The summed E-state index contributed by atoms with van der Waals surface area (Å²) in [6.07, 6.45) is 2.31. The lowest BCUT2D eigenvalue weighted by molar-refractivity contribution is 0.568. The summed E-state index contributed by atoms with van der Waals surface area (Å²) < 4.78 is 5.88. The van der Waals surface area contributed by atoms with Gasteiger partial charge in [-0.1, -0.05) is 26.5 Å². The van der Waals surface area contributed by atoms with Gasteiger partial charge in [0.15, 0.2) is 8.32 Å². The normalized spacial score (nSPS) is 11.7. The molecule has 0 N–H and O–H groups in total. The monoisotopic (exact) mass is 158 g/mol. The topological polar surface area (TPSA) is 9.23 Å². The molecule has 0 saturated carbocycles. The molecule has 0 bridgehead atoms. The largest absolute Gasteiger partial charge is 0.477 e. The molecule has 0 heterocycles. The van der Waals surface area contributed by atoms with Crippen LogP contribution in [0.2, 0.25) is 32.3 Å². The molecular weight excluding hydrogens is 139 g/mol. The van der Waals surface area contributed by atoms with E-state index in [9.17, 15) is 0 Å². The molecule has 0 saturated heterocycles. The number of rotatable bonds is 4. The van der Waals surface area contributed by atoms with E-state index in [2.05, 4.69) is 33.5 Å². The smallest absolute Gasteiger partial charge is 0.280 e. The van der Waals surface area contributed by atoms with Gasteiger partial charge < -0.3 is 4.34 Å². The lowest BCUT2D eigenvalue weighted by Gasteiger charge is -2.22. The van der Waals surface area contributed by atoms with Gasteiger partial charge in [0.1, 0.15) is 0 Å². The molecule has 0 unspecified atom stereocenters. The van der Waals surface area contributed by atoms with Crippen molar-refractivity contribution < 1.29 is 4.34 Å². The Kier molecular flexibility index (Phi) is 4.29. The van der Waals surface area contributed by atoms with Gasteiger partial charge in [0.05, 0.1) is 0 Å². The molecule has 3 heteroatoms. The third-order valence-corrected chi connectivity index (χ3v) is 2.47. The van der Waals surface area contributed by atoms with Crippen LogP contribution in [0.3, 0.4) is 0 Å². The standard InChI is InChI=1S/C7H19BOSi/c1-6-8(7-2)9-10(3,4)5/h6-7H2,1-5H3. The van der Waals surface area contributed by atoms with Gasteiger partial charge in [-0.2, -0.15) is 0 Å². The highest BCUT2D eigenvalue weighted by atomic mass is 28.4. The summed E-state index contributed by atoms with van der Waals surface area (Å²) in [6, 6.07) is 0. The quantitative estimate of drug-likeness (QED) is 0.571. The van der Waals surface area contributed by atoms with Crippen LogP contribution in [0.1, 0.15) is 13.8 Å². The predicted molar refractivity (Wildman–Crippen MR) is 51.1 cm³/mol. The van der Waals surface area contributed by atoms with E-state index >= 15 is 0 Å². The molecule has 0 radical (unpaired) electrons. The second kappa shape index (κ2) is 4.19. The minimum atomic E-state index is -1.26. The van der Waals surface area contributed by atoms with Crippen LogP contribution >= 0.6 is 0 Å². The van der Waals surface area contributed by atoms with Gasteiger partial charge in [-0.15, -0.1) is 0 Å². The summed E-state index contributed by atoms with van der Waals surface area (Å²) in [6.45, 7) is 11.6. The van der Waals surface area contributed by atoms with Crippen molar-refractivity contribution in [2.75, 3.05) is 0 Å². The van der Waals surface area contributed by atoms with Crippen LogP contribution in [0, 0.1) is 0 Å². The van der Waals surface area contributed by atoms with Gasteiger partial charge in [0, 0.05) is 0 Å². The first-order valence-corrected chi connectivity index (χ1v) is 7.58. The van der Waals surface area contributed by atoms with Crippen LogP contribution in [0.4, 0.5) is 0 Å². The van der Waals surface area contributed by atoms with E-state index in [0.29, 0.717) is 6.92 Å². The maximum absolute atomic E-state index is 5.88. The summed E-state index contributed by atoms with van der Waals surface area (Å²) in [5, 5.41) is 0. The van der Waals surface area contributed by atoms with Crippen molar-refractivity contribution in [3.8, 4) is 0 Å². The van der Waals surface area contributed by atoms with Crippen LogP contribution in [-0.2, 0) is 4.34 Å². The summed E-state index contributed by atoms with van der Waals surface area (Å²) in [4.78, 5) is 0. The Morgan fingerprint density at radius 2 is 1.50 bits per heavy atom. The molecular formula is C7H19BOSi. The Hall–Kier alpha value is 0.242. The van der Waals surface area contributed by atoms with E-state index in [1.54, 1.807) is 0 Å². The van der Waals surface area contributed by atoms with Gasteiger partial charge in [-0.3, -0.25) is 0 Å². The van der Waals surface area contributed by atoms with Crippen molar-refractivity contribution in [3.05, 3.63) is 0 Å². The molecule has 0 aliphatic heterocycles. The second-order valence-electron chi connectivity index (χ2n) is 3.67. The molecule has 0 spiro atoms. The first-order valence-electron chi connectivity index (χ1n) is 4.17. The van der Waals surface area contributed by atoms with Crippen molar-refractivity contribution in [2.24, 2.45) is 0 Å². The lowest BCUT2D eigenvalue weighted by atomic mass is 9.63. The fourth-order valence-corrected chi connectivity index (χ4v) is 2.29. The molecule has 0 aromatic heterocycles. The summed E-state index contributed by atoms with van der Waals surface area (Å²) in [7, 11) is -1.26. The Balaban J connectivity index is 3.63. The van der Waals surface area contributed by atoms with Gasteiger partial charge in [-0.05, 0) is 19.6 Å². The van der Waals surface area contributed by atoms with Gasteiger partial charge >= 0.3 is 0 Å². The Labute approximate surface area is 66.4 Å². The van der Waals surface area contributed by atoms with Gasteiger partial charge in [0.25, 0.3) is 6.92 Å². The van der Waals surface area contributed by atoms with Crippen molar-refractivity contribution >= 4 is 15.2 Å². The van der Waals surface area contributed by atoms with Crippen molar-refractivity contribution in [3.63, 3.8) is 0 Å². The third-order valence-electron chi connectivity index (χ3n) is 1.43. The zero-order valence-electron chi connectivity index (χ0n) is 7.90. The fourth-order valence-electron chi connectivity index (χ4n) is 0.955. The highest BCUT2D eigenvalue weighted by molar-refractivity contribution is 6.77. The Morgan fingerprint density at radius 3 is 1.60 bits per heavy atom. The fraction of sp³-hybridized carbons (Fsp3) is 1.00. The molecule has 0 rings (SSSR count). The molecule has 0 fully saturated rings. The molecule has 0 aromatic carbocycles. The van der Waals surface area contributed by atoms with E-state index in [4.69, 9.17) is 4.34 Å². The maximum atomic E-state index is 5.88. The van der Waals surface area contributed by atoms with Crippen LogP contribution < -0.4 is 0 Å². The number of hydrogen-bond donors (Lipinski definition) is 0. The van der Waals surface area contributed by atoms with Crippen LogP contribution in [0.25, 0.3) is 0 Å². The van der Waals surface area contributed by atoms with Gasteiger partial charge in [0.2, 0.25) is 0 Å². The van der Waals surface area contributed by atoms with E-state index in [0.717, 1.165) is 12.6 Å². The molecule has 60 valence electrons. The minimum Gasteiger partial charge on any atom is -0.477 e. The second-order valence-corrected chi connectivity index (χ2v) is 8.13. The van der Waals surface area contributed by atoms with Crippen molar-refractivity contribution in [1.29, 1.82) is 0 Å². The third kappa shape index (κ3) is 5.06. The van der Waals surface area contributed by atoms with Crippen LogP contribution in [-0.4, -0.2) is 15.2 Å². The molecule has 1 nitrogen and oxygen atoms in total.